The number of unbranched alkanes of at least 4 members (excludes halogenated alkanes) is 12. The highest BCUT2D eigenvalue weighted by Crippen LogP contribution is 2.12. The Labute approximate surface area is 404 Å². The molecule has 0 aromatic heterocycles. The maximum absolute atomic E-state index is 12.8. The van der Waals surface area contributed by atoms with Gasteiger partial charge in [-0.3, -0.25) is 14.4 Å². The Morgan fingerprint density at radius 3 is 1.05 bits per heavy atom. The summed E-state index contributed by atoms with van der Waals surface area (Å²) in [6.07, 6.45) is 75.4. The molecule has 0 radical (unpaired) electrons. The van der Waals surface area contributed by atoms with Crippen LogP contribution < -0.4 is 0 Å². The van der Waals surface area contributed by atoms with Crippen molar-refractivity contribution in [3.8, 4) is 0 Å². The van der Waals surface area contributed by atoms with Gasteiger partial charge >= 0.3 is 17.9 Å². The van der Waals surface area contributed by atoms with Gasteiger partial charge in [-0.05, 0) is 116 Å². The second kappa shape index (κ2) is 52.9. The van der Waals surface area contributed by atoms with Gasteiger partial charge in [-0.1, -0.05) is 205 Å². The predicted octanol–water partition coefficient (Wildman–Crippen LogP) is 17.3. The molecule has 0 N–H and O–H groups in total. The quantitative estimate of drug-likeness (QED) is 0.0199. The molecule has 0 aliphatic carbocycles. The third-order valence-corrected chi connectivity index (χ3v) is 10.2. The van der Waals surface area contributed by atoms with E-state index in [1.54, 1.807) is 0 Å². The molecule has 0 aliphatic heterocycles. The zero-order valence-corrected chi connectivity index (χ0v) is 41.9. The van der Waals surface area contributed by atoms with E-state index in [1.165, 1.54) is 12.8 Å². The molecule has 1 atom stereocenters. The van der Waals surface area contributed by atoms with Gasteiger partial charge < -0.3 is 14.2 Å². The van der Waals surface area contributed by atoms with Crippen molar-refractivity contribution in [2.75, 3.05) is 13.2 Å². The van der Waals surface area contributed by atoms with E-state index in [2.05, 4.69) is 130 Å². The molecule has 1 unspecified atom stereocenters. The summed E-state index contributed by atoms with van der Waals surface area (Å²) in [6.45, 7) is 6.17. The van der Waals surface area contributed by atoms with Crippen LogP contribution in [0.1, 0.15) is 194 Å². The van der Waals surface area contributed by atoms with E-state index < -0.39 is 6.10 Å². The first-order valence-electron chi connectivity index (χ1n) is 25.9. The summed E-state index contributed by atoms with van der Waals surface area (Å²) in [4.78, 5) is 38.0. The van der Waals surface area contributed by atoms with E-state index >= 15 is 0 Å². The number of hydrogen-bond acceptors (Lipinski definition) is 6. The van der Waals surface area contributed by atoms with Crippen molar-refractivity contribution in [3.05, 3.63) is 146 Å². The third-order valence-electron chi connectivity index (χ3n) is 10.2. The van der Waals surface area contributed by atoms with E-state index in [0.717, 1.165) is 141 Å². The topological polar surface area (TPSA) is 78.9 Å². The lowest BCUT2D eigenvalue weighted by Gasteiger charge is -2.18. The van der Waals surface area contributed by atoms with Crippen molar-refractivity contribution in [2.24, 2.45) is 0 Å². The van der Waals surface area contributed by atoms with Crippen LogP contribution in [0.3, 0.4) is 0 Å². The average molecular weight is 909 g/mol. The monoisotopic (exact) mass is 909 g/mol. The van der Waals surface area contributed by atoms with Crippen molar-refractivity contribution < 1.29 is 28.6 Å². The summed E-state index contributed by atoms with van der Waals surface area (Å²) in [5.74, 6) is -1.01. The SMILES string of the molecule is CC/C=C/C=C/C=C/C=C/CCCCCC(=O)OCC(COC(=O)CCCCC/C=C/C/C=C/C/C=C/C/C=C/C/C=C/CC)OC(=O)CCCCCCCC/C=C/C/C=C/C/C=C/CC. The van der Waals surface area contributed by atoms with Crippen LogP contribution in [-0.2, 0) is 28.6 Å². The maximum Gasteiger partial charge on any atom is 0.306 e. The summed E-state index contributed by atoms with van der Waals surface area (Å²) in [5.41, 5.74) is 0. The van der Waals surface area contributed by atoms with Crippen LogP contribution in [0, 0.1) is 0 Å². The van der Waals surface area contributed by atoms with Crippen molar-refractivity contribution in [3.63, 3.8) is 0 Å². The molecule has 0 amide bonds. The molecule has 0 heterocycles. The fraction of sp³-hybridized carbons (Fsp3) is 0.550. The third kappa shape index (κ3) is 50.3. The van der Waals surface area contributed by atoms with Crippen molar-refractivity contribution in [1.82, 2.24) is 0 Å². The van der Waals surface area contributed by atoms with Gasteiger partial charge in [0.2, 0.25) is 0 Å². The molecule has 66 heavy (non-hydrogen) atoms. The highest BCUT2D eigenvalue weighted by atomic mass is 16.6. The van der Waals surface area contributed by atoms with Crippen molar-refractivity contribution >= 4 is 17.9 Å². The second-order valence-corrected chi connectivity index (χ2v) is 16.4. The largest absolute Gasteiger partial charge is 0.462 e. The Bertz CT molecular complexity index is 1510. The highest BCUT2D eigenvalue weighted by Gasteiger charge is 2.19. The van der Waals surface area contributed by atoms with E-state index in [4.69, 9.17) is 14.2 Å². The molecular weight excluding hydrogens is 817 g/mol. The lowest BCUT2D eigenvalue weighted by Crippen LogP contribution is -2.30. The van der Waals surface area contributed by atoms with Gasteiger partial charge in [0.1, 0.15) is 13.2 Å². The van der Waals surface area contributed by atoms with E-state index in [-0.39, 0.29) is 37.5 Å². The van der Waals surface area contributed by atoms with E-state index in [1.807, 2.05) is 36.5 Å². The first kappa shape index (κ1) is 61.3. The number of rotatable bonds is 44. The Morgan fingerprint density at radius 1 is 0.318 bits per heavy atom. The molecule has 0 aromatic rings. The Kier molecular flexibility index (Phi) is 49.1. The molecule has 0 aliphatic rings. The molecule has 0 bridgehead atoms. The van der Waals surface area contributed by atoms with Crippen LogP contribution >= 0.6 is 0 Å². The number of carbonyl (C=O) groups excluding carboxylic acids is 3. The van der Waals surface area contributed by atoms with Crippen molar-refractivity contribution in [1.29, 1.82) is 0 Å². The lowest BCUT2D eigenvalue weighted by molar-refractivity contribution is -0.167. The Hall–Kier alpha value is -4.71. The van der Waals surface area contributed by atoms with Crippen LogP contribution in [0.5, 0.6) is 0 Å². The molecule has 0 saturated heterocycles. The van der Waals surface area contributed by atoms with Gasteiger partial charge in [-0.25, -0.2) is 0 Å². The fourth-order valence-electron chi connectivity index (χ4n) is 6.37. The summed E-state index contributed by atoms with van der Waals surface area (Å²) < 4.78 is 16.7. The maximum atomic E-state index is 12.8. The predicted molar refractivity (Wildman–Crippen MR) is 283 cm³/mol. The normalized spacial score (nSPS) is 13.3. The number of carbonyl (C=O) groups is 3. The first-order valence-corrected chi connectivity index (χ1v) is 25.9. The number of allylic oxidation sites excluding steroid dienone is 24. The summed E-state index contributed by atoms with van der Waals surface area (Å²) >= 11 is 0. The fourth-order valence-corrected chi connectivity index (χ4v) is 6.37. The number of ether oxygens (including phenoxy) is 3. The van der Waals surface area contributed by atoms with Crippen LogP contribution in [-0.4, -0.2) is 37.2 Å². The molecule has 0 spiro atoms. The Balaban J connectivity index is 4.55. The van der Waals surface area contributed by atoms with E-state index in [9.17, 15) is 14.4 Å². The van der Waals surface area contributed by atoms with Gasteiger partial charge in [0.05, 0.1) is 0 Å². The first-order chi connectivity index (χ1) is 32.5. The van der Waals surface area contributed by atoms with Crippen LogP contribution in [0.2, 0.25) is 0 Å². The minimum atomic E-state index is -0.821. The van der Waals surface area contributed by atoms with Gasteiger partial charge in [-0.2, -0.15) is 0 Å². The van der Waals surface area contributed by atoms with Crippen LogP contribution in [0.15, 0.2) is 146 Å². The molecule has 6 heteroatoms. The number of esters is 3. The highest BCUT2D eigenvalue weighted by molar-refractivity contribution is 5.71. The standard InChI is InChI=1S/C60H92O6/c1-4-7-10-13-16-19-22-25-27-29-30-31-33-35-38-41-44-47-50-53-59(62)65-56-57(55-64-58(61)52-49-46-43-40-37-34-24-21-18-15-12-9-6-3)66-60(63)54-51-48-45-42-39-36-32-28-26-23-20-17-14-11-8-5-2/h7-12,15-21,24-28,30-31,34-35,37-38,57H,4-6,13-14,22-23,29,32-33,36,39-56H2,1-3H3/b10-7+,11-8+,12-9+,18-15+,19-16+,20-17+,24-21+,27-25+,28-26+,31-30+,37-34+,38-35+. The zero-order valence-electron chi connectivity index (χ0n) is 41.9. The van der Waals surface area contributed by atoms with Gasteiger partial charge in [0.25, 0.3) is 0 Å². The van der Waals surface area contributed by atoms with Gasteiger partial charge in [-0.15, -0.1) is 0 Å². The minimum Gasteiger partial charge on any atom is -0.462 e. The van der Waals surface area contributed by atoms with Gasteiger partial charge in [0.15, 0.2) is 6.10 Å². The van der Waals surface area contributed by atoms with Crippen molar-refractivity contribution in [2.45, 2.75) is 200 Å². The summed E-state index contributed by atoms with van der Waals surface area (Å²) in [5, 5.41) is 0. The minimum absolute atomic E-state index is 0.120. The van der Waals surface area contributed by atoms with Gasteiger partial charge in [0, 0.05) is 19.3 Å². The molecule has 0 saturated carbocycles. The molecule has 0 aromatic carbocycles. The lowest BCUT2D eigenvalue weighted by atomic mass is 10.1. The average Bonchev–Trinajstić information content (AvgIpc) is 3.31. The summed E-state index contributed by atoms with van der Waals surface area (Å²) in [7, 11) is 0. The van der Waals surface area contributed by atoms with Crippen LogP contribution in [0.4, 0.5) is 0 Å². The molecule has 368 valence electrons. The summed E-state index contributed by atoms with van der Waals surface area (Å²) in [6, 6.07) is 0. The number of hydrogen-bond donors (Lipinski definition) is 0. The second-order valence-electron chi connectivity index (χ2n) is 16.4. The molecular formula is C60H92O6. The van der Waals surface area contributed by atoms with E-state index in [0.29, 0.717) is 12.8 Å². The molecule has 6 nitrogen and oxygen atoms in total. The molecule has 0 fully saturated rings. The Morgan fingerprint density at radius 2 is 0.621 bits per heavy atom. The van der Waals surface area contributed by atoms with Crippen LogP contribution in [0.25, 0.3) is 0 Å². The molecule has 0 rings (SSSR count). The zero-order chi connectivity index (χ0) is 47.9. The smallest absolute Gasteiger partial charge is 0.306 e.